The summed E-state index contributed by atoms with van der Waals surface area (Å²) in [7, 11) is 3.64. The van der Waals surface area contributed by atoms with Gasteiger partial charge in [-0.3, -0.25) is 9.69 Å². The number of hydrogen-bond donors (Lipinski definition) is 1. The lowest BCUT2D eigenvalue weighted by molar-refractivity contribution is -0.130. The SMILES string of the molecule is Cc1ccc(CNC2CCN(CC(=O)N(C)C)CC2)s1. The number of rotatable bonds is 5. The predicted molar refractivity (Wildman–Crippen MR) is 84.1 cm³/mol. The number of aryl methyl sites for hydroxylation is 1. The lowest BCUT2D eigenvalue weighted by Crippen LogP contribution is -2.45. The molecule has 1 saturated heterocycles. The Morgan fingerprint density at radius 3 is 2.65 bits per heavy atom. The first kappa shape index (κ1) is 15.5. The average Bonchev–Trinajstić information content (AvgIpc) is 2.83. The van der Waals surface area contributed by atoms with Gasteiger partial charge in [0.1, 0.15) is 0 Å². The Hall–Kier alpha value is -0.910. The number of carbonyl (C=O) groups is 1. The molecule has 1 fully saturated rings. The van der Waals surface area contributed by atoms with Crippen LogP contribution in [0.4, 0.5) is 0 Å². The Bertz CT molecular complexity index is 436. The molecule has 1 N–H and O–H groups in total. The lowest BCUT2D eigenvalue weighted by atomic mass is 10.1. The minimum atomic E-state index is 0.200. The van der Waals surface area contributed by atoms with Crippen LogP contribution in [0.1, 0.15) is 22.6 Å². The molecule has 20 heavy (non-hydrogen) atoms. The molecular weight excluding hydrogens is 270 g/mol. The summed E-state index contributed by atoms with van der Waals surface area (Å²) in [5.74, 6) is 0.200. The van der Waals surface area contributed by atoms with E-state index in [0.717, 1.165) is 32.5 Å². The molecule has 1 aliphatic heterocycles. The molecule has 0 radical (unpaired) electrons. The first-order valence-corrected chi connectivity index (χ1v) is 8.07. The van der Waals surface area contributed by atoms with Gasteiger partial charge in [0.05, 0.1) is 6.54 Å². The zero-order valence-electron chi connectivity index (χ0n) is 12.7. The lowest BCUT2D eigenvalue weighted by Gasteiger charge is -2.32. The van der Waals surface area contributed by atoms with Crippen LogP contribution < -0.4 is 5.32 Å². The van der Waals surface area contributed by atoms with Crippen molar-refractivity contribution in [3.63, 3.8) is 0 Å². The van der Waals surface area contributed by atoms with Gasteiger partial charge in [0.25, 0.3) is 0 Å². The molecule has 0 unspecified atom stereocenters. The highest BCUT2D eigenvalue weighted by Gasteiger charge is 2.20. The van der Waals surface area contributed by atoms with Gasteiger partial charge in [0.15, 0.2) is 0 Å². The fourth-order valence-corrected chi connectivity index (χ4v) is 3.29. The number of hydrogen-bond acceptors (Lipinski definition) is 4. The molecule has 0 bridgehead atoms. The Kier molecular flexibility index (Phi) is 5.57. The standard InChI is InChI=1S/C15H25N3OS/c1-12-4-5-14(20-12)10-16-13-6-8-18(9-7-13)11-15(19)17(2)3/h4-5,13,16H,6-11H2,1-3H3. The van der Waals surface area contributed by atoms with E-state index in [9.17, 15) is 4.79 Å². The summed E-state index contributed by atoms with van der Waals surface area (Å²) in [5.41, 5.74) is 0. The number of nitrogens with zero attached hydrogens (tertiary/aromatic N) is 2. The van der Waals surface area contributed by atoms with Gasteiger partial charge in [-0.2, -0.15) is 0 Å². The molecule has 0 saturated carbocycles. The first-order chi connectivity index (χ1) is 9.54. The van der Waals surface area contributed by atoms with Crippen molar-refractivity contribution < 1.29 is 4.79 Å². The smallest absolute Gasteiger partial charge is 0.236 e. The topological polar surface area (TPSA) is 35.6 Å². The third kappa shape index (κ3) is 4.58. The number of carbonyl (C=O) groups excluding carboxylic acids is 1. The third-order valence-electron chi connectivity index (χ3n) is 3.81. The van der Waals surface area contributed by atoms with E-state index in [2.05, 4.69) is 29.3 Å². The maximum atomic E-state index is 11.7. The number of likely N-dealkylation sites (N-methyl/N-ethyl adjacent to an activating group) is 1. The van der Waals surface area contributed by atoms with Gasteiger partial charge in [-0.05, 0) is 31.9 Å². The highest BCUT2D eigenvalue weighted by atomic mass is 32.1. The largest absolute Gasteiger partial charge is 0.348 e. The van der Waals surface area contributed by atoms with E-state index in [1.807, 2.05) is 25.4 Å². The predicted octanol–water partition coefficient (Wildman–Crippen LogP) is 1.70. The van der Waals surface area contributed by atoms with Crippen molar-refractivity contribution in [3.8, 4) is 0 Å². The average molecular weight is 295 g/mol. The van der Waals surface area contributed by atoms with E-state index in [0.29, 0.717) is 12.6 Å². The van der Waals surface area contributed by atoms with Crippen LogP contribution in [0.3, 0.4) is 0 Å². The van der Waals surface area contributed by atoms with Crippen LogP contribution in [-0.4, -0.2) is 55.5 Å². The third-order valence-corrected chi connectivity index (χ3v) is 4.81. The van der Waals surface area contributed by atoms with Gasteiger partial charge >= 0.3 is 0 Å². The highest BCUT2D eigenvalue weighted by molar-refractivity contribution is 7.11. The van der Waals surface area contributed by atoms with E-state index in [1.165, 1.54) is 9.75 Å². The van der Waals surface area contributed by atoms with E-state index >= 15 is 0 Å². The van der Waals surface area contributed by atoms with Crippen LogP contribution in [0.5, 0.6) is 0 Å². The van der Waals surface area contributed by atoms with Crippen molar-refractivity contribution >= 4 is 17.2 Å². The number of piperidine rings is 1. The summed E-state index contributed by atoms with van der Waals surface area (Å²) >= 11 is 1.87. The zero-order chi connectivity index (χ0) is 14.5. The van der Waals surface area contributed by atoms with E-state index < -0.39 is 0 Å². The van der Waals surface area contributed by atoms with Crippen molar-refractivity contribution in [2.75, 3.05) is 33.7 Å². The van der Waals surface area contributed by atoms with Crippen molar-refractivity contribution in [1.29, 1.82) is 0 Å². The molecule has 1 aliphatic rings. The van der Waals surface area contributed by atoms with Crippen LogP contribution >= 0.6 is 11.3 Å². The Labute approximate surface area is 125 Å². The van der Waals surface area contributed by atoms with Gasteiger partial charge in [-0.25, -0.2) is 0 Å². The maximum Gasteiger partial charge on any atom is 0.236 e. The molecule has 1 amide bonds. The molecule has 0 aliphatic carbocycles. The minimum absolute atomic E-state index is 0.200. The summed E-state index contributed by atoms with van der Waals surface area (Å²) in [6.07, 6.45) is 2.26. The normalized spacial score (nSPS) is 17.4. The molecule has 4 nitrogen and oxygen atoms in total. The zero-order valence-corrected chi connectivity index (χ0v) is 13.5. The van der Waals surface area contributed by atoms with Gasteiger partial charge in [-0.15, -0.1) is 11.3 Å². The minimum Gasteiger partial charge on any atom is -0.348 e. The van der Waals surface area contributed by atoms with Gasteiger partial charge < -0.3 is 10.2 Å². The second kappa shape index (κ2) is 7.20. The van der Waals surface area contributed by atoms with E-state index in [1.54, 1.807) is 4.90 Å². The molecule has 2 rings (SSSR count). The number of nitrogens with one attached hydrogen (secondary N) is 1. The summed E-state index contributed by atoms with van der Waals surface area (Å²) in [4.78, 5) is 18.4. The number of amides is 1. The van der Waals surface area contributed by atoms with Gasteiger partial charge in [0.2, 0.25) is 5.91 Å². The monoisotopic (exact) mass is 295 g/mol. The highest BCUT2D eigenvalue weighted by Crippen LogP contribution is 2.16. The molecule has 1 aromatic rings. The summed E-state index contributed by atoms with van der Waals surface area (Å²) in [5, 5.41) is 3.64. The molecule has 0 aromatic carbocycles. The molecule has 1 aromatic heterocycles. The summed E-state index contributed by atoms with van der Waals surface area (Å²) < 4.78 is 0. The van der Waals surface area contributed by atoms with Crippen molar-refractivity contribution in [2.45, 2.75) is 32.4 Å². The maximum absolute atomic E-state index is 11.7. The van der Waals surface area contributed by atoms with Crippen LogP contribution in [0.15, 0.2) is 12.1 Å². The van der Waals surface area contributed by atoms with E-state index in [-0.39, 0.29) is 5.91 Å². The quantitative estimate of drug-likeness (QED) is 0.898. The van der Waals surface area contributed by atoms with Crippen molar-refractivity contribution in [1.82, 2.24) is 15.1 Å². The summed E-state index contributed by atoms with van der Waals surface area (Å²) in [6, 6.07) is 4.97. The molecule has 112 valence electrons. The summed E-state index contributed by atoms with van der Waals surface area (Å²) in [6.45, 7) is 5.71. The number of likely N-dealkylation sites (tertiary alicyclic amines) is 1. The van der Waals surface area contributed by atoms with Crippen molar-refractivity contribution in [3.05, 3.63) is 21.9 Å². The van der Waals surface area contributed by atoms with Crippen LogP contribution in [0.2, 0.25) is 0 Å². The second-order valence-corrected chi connectivity index (χ2v) is 7.10. The van der Waals surface area contributed by atoms with Crippen LogP contribution in [-0.2, 0) is 11.3 Å². The van der Waals surface area contributed by atoms with Gasteiger partial charge in [0, 0.05) is 49.5 Å². The molecule has 2 heterocycles. The second-order valence-electron chi connectivity index (χ2n) is 5.73. The Balaban J connectivity index is 1.68. The van der Waals surface area contributed by atoms with Crippen LogP contribution in [0.25, 0.3) is 0 Å². The molecular formula is C15H25N3OS. The Morgan fingerprint density at radius 2 is 2.10 bits per heavy atom. The van der Waals surface area contributed by atoms with E-state index in [4.69, 9.17) is 0 Å². The molecule has 5 heteroatoms. The first-order valence-electron chi connectivity index (χ1n) is 7.26. The van der Waals surface area contributed by atoms with Crippen molar-refractivity contribution in [2.24, 2.45) is 0 Å². The van der Waals surface area contributed by atoms with Gasteiger partial charge in [-0.1, -0.05) is 0 Å². The fourth-order valence-electron chi connectivity index (χ4n) is 2.45. The molecule has 0 spiro atoms. The number of thiophene rings is 1. The molecule has 0 atom stereocenters. The van der Waals surface area contributed by atoms with Crippen LogP contribution in [0, 0.1) is 6.92 Å². The Morgan fingerprint density at radius 1 is 1.40 bits per heavy atom. The fraction of sp³-hybridized carbons (Fsp3) is 0.667.